The van der Waals surface area contributed by atoms with Crippen molar-refractivity contribution in [3.8, 4) is 5.75 Å². The number of hydrogen-bond acceptors (Lipinski definition) is 8. The van der Waals surface area contributed by atoms with Gasteiger partial charge in [0.05, 0.1) is 44.3 Å². The van der Waals surface area contributed by atoms with Crippen molar-refractivity contribution in [3.05, 3.63) is 18.2 Å². The van der Waals surface area contributed by atoms with Gasteiger partial charge in [-0.05, 0) is 24.7 Å². The number of rotatable bonds is 9. The van der Waals surface area contributed by atoms with Crippen molar-refractivity contribution in [2.75, 3.05) is 56.7 Å². The van der Waals surface area contributed by atoms with Crippen LogP contribution in [0.4, 0.5) is 24.9 Å². The molecule has 2 aromatic rings. The molecule has 4 heterocycles. The Labute approximate surface area is 190 Å². The lowest BCUT2D eigenvalue weighted by Crippen LogP contribution is -2.50. The summed E-state index contributed by atoms with van der Waals surface area (Å²) in [6.45, 7) is 4.47. The molecule has 0 aliphatic carbocycles. The van der Waals surface area contributed by atoms with Crippen LogP contribution in [0.15, 0.2) is 18.2 Å². The van der Waals surface area contributed by atoms with Crippen LogP contribution in [0.25, 0.3) is 10.9 Å². The highest BCUT2D eigenvalue weighted by Gasteiger charge is 2.60. The maximum Gasteiger partial charge on any atom is 0.390 e. The number of hydrogen-bond donors (Lipinski definition) is 1. The Morgan fingerprint density at radius 1 is 1.15 bits per heavy atom. The topological polar surface area (TPSA) is 72.0 Å². The van der Waals surface area contributed by atoms with Gasteiger partial charge in [0.25, 0.3) is 0 Å². The van der Waals surface area contributed by atoms with Crippen molar-refractivity contribution in [1.29, 1.82) is 0 Å². The number of aromatic nitrogens is 2. The Bertz CT molecular complexity index is 989. The molecule has 1 aromatic heterocycles. The molecule has 33 heavy (non-hydrogen) atoms. The van der Waals surface area contributed by atoms with E-state index in [1.165, 1.54) is 0 Å². The van der Waals surface area contributed by atoms with Gasteiger partial charge in [0.1, 0.15) is 23.8 Å². The fourth-order valence-corrected chi connectivity index (χ4v) is 5.03. The first-order valence-corrected chi connectivity index (χ1v) is 11.3. The summed E-state index contributed by atoms with van der Waals surface area (Å²) in [6.07, 6.45) is -4.87. The van der Waals surface area contributed by atoms with E-state index < -0.39 is 12.6 Å². The number of nitrogens with zero attached hydrogens (tertiary/aromatic N) is 4. The molecule has 0 saturated carbocycles. The molecule has 11 heteroatoms. The maximum atomic E-state index is 12.6. The predicted molar refractivity (Wildman–Crippen MR) is 117 cm³/mol. The van der Waals surface area contributed by atoms with E-state index in [1.54, 1.807) is 12.0 Å². The largest absolute Gasteiger partial charge is 0.497 e. The minimum Gasteiger partial charge on any atom is -0.497 e. The molecule has 0 radical (unpaired) electrons. The van der Waals surface area contributed by atoms with Crippen molar-refractivity contribution in [2.24, 2.45) is 0 Å². The number of alkyl halides is 3. The second kappa shape index (κ2) is 8.77. The first-order valence-electron chi connectivity index (χ1n) is 11.3. The van der Waals surface area contributed by atoms with E-state index in [9.17, 15) is 13.2 Å². The summed E-state index contributed by atoms with van der Waals surface area (Å²) < 4.78 is 54.9. The van der Waals surface area contributed by atoms with Gasteiger partial charge in [0.15, 0.2) is 0 Å². The molecule has 180 valence electrons. The molecular weight excluding hydrogens is 439 g/mol. The van der Waals surface area contributed by atoms with E-state index in [-0.39, 0.29) is 30.8 Å². The quantitative estimate of drug-likeness (QED) is 0.604. The number of halogens is 3. The molecule has 4 bridgehead atoms. The van der Waals surface area contributed by atoms with E-state index in [0.717, 1.165) is 22.5 Å². The fourth-order valence-electron chi connectivity index (χ4n) is 5.03. The second-order valence-electron chi connectivity index (χ2n) is 8.62. The van der Waals surface area contributed by atoms with Crippen LogP contribution in [0, 0.1) is 0 Å². The van der Waals surface area contributed by atoms with Crippen LogP contribution >= 0.6 is 0 Å². The Morgan fingerprint density at radius 3 is 2.52 bits per heavy atom. The van der Waals surface area contributed by atoms with E-state index in [0.29, 0.717) is 38.8 Å². The van der Waals surface area contributed by atoms with Gasteiger partial charge in [-0.15, -0.1) is 0 Å². The summed E-state index contributed by atoms with van der Waals surface area (Å²) in [5.41, 5.74) is 0.771. The zero-order valence-corrected chi connectivity index (χ0v) is 18.6. The zero-order valence-electron chi connectivity index (χ0n) is 18.6. The van der Waals surface area contributed by atoms with Crippen molar-refractivity contribution in [1.82, 2.24) is 14.9 Å². The highest BCUT2D eigenvalue weighted by molar-refractivity contribution is 5.92. The van der Waals surface area contributed by atoms with Crippen molar-refractivity contribution in [2.45, 2.75) is 43.8 Å². The lowest BCUT2D eigenvalue weighted by molar-refractivity contribution is -0.137. The van der Waals surface area contributed by atoms with Crippen LogP contribution in [0.1, 0.15) is 13.3 Å². The molecule has 4 atom stereocenters. The molecular formula is C22H28F3N5O3. The predicted octanol–water partition coefficient (Wildman–Crippen LogP) is 2.68. The standard InChI is InChI=1S/C22H28F3N5O3/c1-3-29(8-6-22(23,24)25)9-7-26-21-27-15-5-4-13(31-2)10-14(15)20(28-21)30-16-11-32-19-17(30)12-33-18(16)19/h4-5,10,16-19H,3,6-9,11-12H2,1-2H3,(H,26,27,28)/t16-,17-,18-,19-/m1/s1. The van der Waals surface area contributed by atoms with E-state index in [2.05, 4.69) is 15.2 Å². The summed E-state index contributed by atoms with van der Waals surface area (Å²) in [7, 11) is 1.62. The molecule has 8 nitrogen and oxygen atoms in total. The van der Waals surface area contributed by atoms with Crippen molar-refractivity contribution < 1.29 is 27.4 Å². The molecule has 0 spiro atoms. The number of anilines is 2. The third-order valence-corrected chi connectivity index (χ3v) is 6.71. The minimum atomic E-state index is -4.15. The number of methoxy groups -OCH3 is 1. The monoisotopic (exact) mass is 467 g/mol. The smallest absolute Gasteiger partial charge is 0.390 e. The van der Waals surface area contributed by atoms with Gasteiger partial charge in [-0.25, -0.2) is 4.98 Å². The molecule has 0 amide bonds. The first-order chi connectivity index (χ1) is 15.9. The van der Waals surface area contributed by atoms with E-state index >= 15 is 0 Å². The van der Waals surface area contributed by atoms with Crippen LogP contribution in [0.5, 0.6) is 5.75 Å². The minimum absolute atomic E-state index is 0.0226. The normalized spacial score (nSPS) is 26.1. The summed E-state index contributed by atoms with van der Waals surface area (Å²) in [4.78, 5) is 13.5. The number of fused-ring (bicyclic) bond motifs is 1. The number of ether oxygens (including phenoxy) is 3. The lowest BCUT2D eigenvalue weighted by atomic mass is 10.1. The summed E-state index contributed by atoms with van der Waals surface area (Å²) in [6, 6.07) is 5.89. The molecule has 3 saturated heterocycles. The Kier molecular flexibility index (Phi) is 5.96. The van der Waals surface area contributed by atoms with Gasteiger partial charge in [-0.2, -0.15) is 18.2 Å². The van der Waals surface area contributed by atoms with Crippen LogP contribution < -0.4 is 15.0 Å². The van der Waals surface area contributed by atoms with Crippen LogP contribution in [-0.2, 0) is 9.47 Å². The van der Waals surface area contributed by atoms with Gasteiger partial charge < -0.3 is 29.3 Å². The Hall–Kier alpha value is -2.37. The molecule has 1 aromatic carbocycles. The highest BCUT2D eigenvalue weighted by Crippen LogP contribution is 2.45. The molecule has 5 rings (SSSR count). The second-order valence-corrected chi connectivity index (χ2v) is 8.62. The molecule has 3 aliphatic heterocycles. The van der Waals surface area contributed by atoms with E-state index in [4.69, 9.17) is 19.2 Å². The van der Waals surface area contributed by atoms with Gasteiger partial charge >= 0.3 is 6.18 Å². The lowest BCUT2D eigenvalue weighted by Gasteiger charge is -2.37. The van der Waals surface area contributed by atoms with E-state index in [1.807, 2.05) is 25.1 Å². The van der Waals surface area contributed by atoms with Gasteiger partial charge in [-0.1, -0.05) is 6.92 Å². The number of morpholine rings is 2. The summed E-state index contributed by atoms with van der Waals surface area (Å²) >= 11 is 0. The third-order valence-electron chi connectivity index (χ3n) is 6.71. The van der Waals surface area contributed by atoms with Crippen LogP contribution in [-0.4, -0.2) is 91.8 Å². The van der Waals surface area contributed by atoms with Gasteiger partial charge in [0.2, 0.25) is 5.95 Å². The number of nitrogens with one attached hydrogen (secondary N) is 1. The average molecular weight is 467 g/mol. The average Bonchev–Trinajstić information content (AvgIpc) is 3.48. The van der Waals surface area contributed by atoms with Crippen molar-refractivity contribution in [3.63, 3.8) is 0 Å². The highest BCUT2D eigenvalue weighted by atomic mass is 19.4. The fraction of sp³-hybridized carbons (Fsp3) is 0.636. The molecule has 1 N–H and O–H groups in total. The Balaban J connectivity index is 1.37. The van der Waals surface area contributed by atoms with Gasteiger partial charge in [0, 0.05) is 25.0 Å². The summed E-state index contributed by atoms with van der Waals surface area (Å²) in [5.74, 6) is 1.98. The van der Waals surface area contributed by atoms with Crippen LogP contribution in [0.3, 0.4) is 0 Å². The zero-order chi connectivity index (χ0) is 23.2. The first kappa shape index (κ1) is 22.4. The number of likely N-dealkylation sites (N-methyl/N-ethyl adjacent to an activating group) is 1. The van der Waals surface area contributed by atoms with Gasteiger partial charge in [-0.3, -0.25) is 0 Å². The maximum absolute atomic E-state index is 12.6. The molecule has 3 aliphatic rings. The Morgan fingerprint density at radius 2 is 1.88 bits per heavy atom. The molecule has 0 unspecified atom stereocenters. The SMILES string of the molecule is CCN(CCNc1nc(N2[C@@H]3CO[C@H]4[C@@H]3OC[C@H]42)c2cc(OC)ccc2n1)CCC(F)(F)F. The summed E-state index contributed by atoms with van der Waals surface area (Å²) in [5, 5.41) is 4.10. The number of benzene rings is 1. The van der Waals surface area contributed by atoms with Crippen LogP contribution in [0.2, 0.25) is 0 Å². The molecule has 3 fully saturated rings. The third kappa shape index (κ3) is 4.29. The van der Waals surface area contributed by atoms with Crippen molar-refractivity contribution >= 4 is 22.7 Å².